The summed E-state index contributed by atoms with van der Waals surface area (Å²) in [6.45, 7) is 2.57. The van der Waals surface area contributed by atoms with Crippen molar-refractivity contribution in [2.24, 2.45) is 0 Å². The number of likely N-dealkylation sites (tertiary alicyclic amines) is 1. The SMILES string of the molecule is FC(F)(F)c1nc(-c2cc([C@H]3CCCN(Cc4cncnc4)C3)ccn2)no1. The van der Waals surface area contributed by atoms with Crippen molar-refractivity contribution in [3.63, 3.8) is 0 Å². The Kier molecular flexibility index (Phi) is 5.03. The molecule has 1 aliphatic rings. The van der Waals surface area contributed by atoms with Crippen LogP contribution in [0.2, 0.25) is 0 Å². The van der Waals surface area contributed by atoms with Crippen molar-refractivity contribution < 1.29 is 17.7 Å². The van der Waals surface area contributed by atoms with Crippen LogP contribution in [0.3, 0.4) is 0 Å². The quantitative estimate of drug-likeness (QED) is 0.676. The average Bonchev–Trinajstić information content (AvgIpc) is 3.20. The third-order valence-electron chi connectivity index (χ3n) is 4.68. The average molecular weight is 390 g/mol. The zero-order valence-corrected chi connectivity index (χ0v) is 14.8. The zero-order chi connectivity index (χ0) is 19.6. The van der Waals surface area contributed by atoms with Crippen LogP contribution in [0, 0.1) is 0 Å². The van der Waals surface area contributed by atoms with Crippen molar-refractivity contribution in [3.05, 3.63) is 54.1 Å². The van der Waals surface area contributed by atoms with Gasteiger partial charge in [-0.1, -0.05) is 5.16 Å². The molecule has 4 rings (SSSR count). The van der Waals surface area contributed by atoms with E-state index in [1.807, 2.05) is 6.07 Å². The van der Waals surface area contributed by atoms with Crippen LogP contribution in [0.1, 0.15) is 35.8 Å². The minimum atomic E-state index is -4.67. The number of pyridine rings is 1. The molecule has 7 nitrogen and oxygen atoms in total. The molecule has 0 amide bonds. The van der Waals surface area contributed by atoms with Crippen LogP contribution >= 0.6 is 0 Å². The van der Waals surface area contributed by atoms with Crippen LogP contribution in [-0.4, -0.2) is 43.1 Å². The molecule has 0 unspecified atom stereocenters. The summed E-state index contributed by atoms with van der Waals surface area (Å²) in [6.07, 6.45) is 4.02. The van der Waals surface area contributed by atoms with Gasteiger partial charge in [0.15, 0.2) is 0 Å². The largest absolute Gasteiger partial charge is 0.471 e. The molecule has 4 heterocycles. The van der Waals surface area contributed by atoms with Gasteiger partial charge in [0.05, 0.1) is 0 Å². The third-order valence-corrected chi connectivity index (χ3v) is 4.68. The molecule has 3 aromatic heterocycles. The molecule has 1 fully saturated rings. The molecule has 1 aliphatic heterocycles. The fraction of sp³-hybridized carbons (Fsp3) is 0.389. The highest BCUT2D eigenvalue weighted by atomic mass is 19.4. The van der Waals surface area contributed by atoms with E-state index in [-0.39, 0.29) is 17.4 Å². The van der Waals surface area contributed by atoms with Gasteiger partial charge in [-0.3, -0.25) is 9.88 Å². The molecule has 10 heteroatoms. The van der Waals surface area contributed by atoms with Crippen molar-refractivity contribution in [2.45, 2.75) is 31.5 Å². The van der Waals surface area contributed by atoms with Crippen LogP contribution in [-0.2, 0) is 12.7 Å². The van der Waals surface area contributed by atoms with Crippen molar-refractivity contribution in [2.75, 3.05) is 13.1 Å². The summed E-state index contributed by atoms with van der Waals surface area (Å²) in [5, 5.41) is 3.42. The molecule has 0 N–H and O–H groups in total. The second-order valence-electron chi connectivity index (χ2n) is 6.72. The Hall–Kier alpha value is -2.88. The summed E-state index contributed by atoms with van der Waals surface area (Å²) in [5.74, 6) is -1.29. The summed E-state index contributed by atoms with van der Waals surface area (Å²) in [7, 11) is 0. The lowest BCUT2D eigenvalue weighted by Crippen LogP contribution is -2.34. The number of piperidine rings is 1. The molecule has 0 bridgehead atoms. The molecular formula is C18H17F3N6O. The van der Waals surface area contributed by atoms with E-state index in [1.165, 1.54) is 6.33 Å². The first-order valence-corrected chi connectivity index (χ1v) is 8.82. The monoisotopic (exact) mass is 390 g/mol. The second-order valence-corrected chi connectivity index (χ2v) is 6.72. The van der Waals surface area contributed by atoms with E-state index in [0.29, 0.717) is 0 Å². The molecule has 0 aliphatic carbocycles. The fourth-order valence-electron chi connectivity index (χ4n) is 3.41. The first kappa shape index (κ1) is 18.5. The van der Waals surface area contributed by atoms with Crippen LogP contribution in [0.4, 0.5) is 13.2 Å². The van der Waals surface area contributed by atoms with Gasteiger partial charge in [0.1, 0.15) is 12.0 Å². The van der Waals surface area contributed by atoms with E-state index in [1.54, 1.807) is 24.7 Å². The van der Waals surface area contributed by atoms with E-state index >= 15 is 0 Å². The number of aromatic nitrogens is 5. The number of hydrogen-bond acceptors (Lipinski definition) is 7. The summed E-state index contributed by atoms with van der Waals surface area (Å²) < 4.78 is 42.3. The predicted molar refractivity (Wildman–Crippen MR) is 91.8 cm³/mol. The maximum absolute atomic E-state index is 12.7. The molecule has 1 saturated heterocycles. The highest BCUT2D eigenvalue weighted by Crippen LogP contribution is 2.31. The molecule has 1 atom stereocenters. The Morgan fingerprint density at radius 1 is 1.21 bits per heavy atom. The lowest BCUT2D eigenvalue weighted by molar-refractivity contribution is -0.159. The Labute approximate surface area is 158 Å². The lowest BCUT2D eigenvalue weighted by Gasteiger charge is -2.32. The maximum Gasteiger partial charge on any atom is 0.471 e. The topological polar surface area (TPSA) is 80.8 Å². The number of alkyl halides is 3. The molecular weight excluding hydrogens is 373 g/mol. The maximum atomic E-state index is 12.7. The van der Waals surface area contributed by atoms with E-state index in [2.05, 4.69) is 34.5 Å². The Morgan fingerprint density at radius 2 is 2.04 bits per heavy atom. The van der Waals surface area contributed by atoms with E-state index in [4.69, 9.17) is 0 Å². The van der Waals surface area contributed by atoms with Gasteiger partial charge < -0.3 is 4.52 Å². The van der Waals surface area contributed by atoms with Crippen molar-refractivity contribution in [3.8, 4) is 11.5 Å². The molecule has 146 valence electrons. The van der Waals surface area contributed by atoms with Gasteiger partial charge in [-0.2, -0.15) is 18.2 Å². The molecule has 3 aromatic rings. The van der Waals surface area contributed by atoms with Crippen molar-refractivity contribution in [1.82, 2.24) is 30.0 Å². The molecule has 0 saturated carbocycles. The number of rotatable bonds is 4. The zero-order valence-electron chi connectivity index (χ0n) is 14.8. The van der Waals surface area contributed by atoms with Crippen LogP contribution < -0.4 is 0 Å². The second kappa shape index (κ2) is 7.63. The predicted octanol–water partition coefficient (Wildman–Crippen LogP) is 3.32. The van der Waals surface area contributed by atoms with Crippen LogP contribution in [0.15, 0.2) is 41.6 Å². The van der Waals surface area contributed by atoms with Gasteiger partial charge in [-0.05, 0) is 43.0 Å². The Morgan fingerprint density at radius 3 is 2.79 bits per heavy atom. The van der Waals surface area contributed by atoms with Gasteiger partial charge >= 0.3 is 12.1 Å². The number of hydrogen-bond donors (Lipinski definition) is 0. The van der Waals surface area contributed by atoms with Crippen molar-refractivity contribution >= 4 is 0 Å². The highest BCUT2D eigenvalue weighted by molar-refractivity contribution is 5.49. The summed E-state index contributed by atoms with van der Waals surface area (Å²) >= 11 is 0. The van der Waals surface area contributed by atoms with E-state index in [9.17, 15) is 13.2 Å². The van der Waals surface area contributed by atoms with Gasteiger partial charge in [-0.25, -0.2) is 9.97 Å². The van der Waals surface area contributed by atoms with Gasteiger partial charge in [0.2, 0.25) is 5.82 Å². The van der Waals surface area contributed by atoms with E-state index in [0.717, 1.165) is 43.6 Å². The minimum absolute atomic E-state index is 0.164. The van der Waals surface area contributed by atoms with Gasteiger partial charge in [-0.15, -0.1) is 0 Å². The Bertz CT molecular complexity index is 930. The first-order chi connectivity index (χ1) is 13.5. The lowest BCUT2D eigenvalue weighted by atomic mass is 9.90. The van der Waals surface area contributed by atoms with Crippen LogP contribution in [0.25, 0.3) is 11.5 Å². The first-order valence-electron chi connectivity index (χ1n) is 8.82. The molecule has 28 heavy (non-hydrogen) atoms. The van der Waals surface area contributed by atoms with E-state index < -0.39 is 12.1 Å². The third kappa shape index (κ3) is 4.16. The van der Waals surface area contributed by atoms with Gasteiger partial charge in [0.25, 0.3) is 0 Å². The summed E-state index contributed by atoms with van der Waals surface area (Å²) in [6, 6.07) is 3.62. The Balaban J connectivity index is 1.50. The number of halogens is 3. The van der Waals surface area contributed by atoms with Crippen LogP contribution in [0.5, 0.6) is 0 Å². The highest BCUT2D eigenvalue weighted by Gasteiger charge is 2.38. The summed E-state index contributed by atoms with van der Waals surface area (Å²) in [5.41, 5.74) is 2.31. The summed E-state index contributed by atoms with van der Waals surface area (Å²) in [4.78, 5) is 17.9. The fourth-order valence-corrected chi connectivity index (χ4v) is 3.41. The standard InChI is InChI=1S/C18H17F3N6O/c19-18(20,21)17-25-16(26-28-17)15-6-13(3-4-24-15)14-2-1-5-27(10-14)9-12-7-22-11-23-8-12/h3-4,6-8,11,14H,1-2,5,9-10H2/t14-/m0/s1. The number of nitrogens with zero attached hydrogens (tertiary/aromatic N) is 6. The normalized spacial score (nSPS) is 18.3. The molecule has 0 spiro atoms. The minimum Gasteiger partial charge on any atom is -0.329 e. The van der Waals surface area contributed by atoms with Gasteiger partial charge in [0, 0.05) is 37.2 Å². The smallest absolute Gasteiger partial charge is 0.329 e. The molecule has 0 radical (unpaired) electrons. The molecule has 0 aromatic carbocycles. The van der Waals surface area contributed by atoms with Crippen molar-refractivity contribution in [1.29, 1.82) is 0 Å².